The van der Waals surface area contributed by atoms with E-state index in [0.29, 0.717) is 0 Å². The van der Waals surface area contributed by atoms with Crippen molar-refractivity contribution < 1.29 is 5.11 Å². The van der Waals surface area contributed by atoms with Crippen molar-refractivity contribution in [3.05, 3.63) is 200 Å². The predicted molar refractivity (Wildman–Crippen MR) is 296 cm³/mol. The molecular weight excluding hydrogens is 917 g/mol. The molecule has 0 spiro atoms. The molecule has 9 aromatic carbocycles. The van der Waals surface area contributed by atoms with Crippen LogP contribution >= 0.6 is 69.3 Å². The van der Waals surface area contributed by atoms with Crippen LogP contribution in [0.1, 0.15) is 0 Å². The van der Waals surface area contributed by atoms with Gasteiger partial charge < -0.3 is 5.11 Å². The molecule has 0 fully saturated rings. The first kappa shape index (κ1) is 42.0. The van der Waals surface area contributed by atoms with Crippen molar-refractivity contribution in [2.24, 2.45) is 5.41 Å². The largest absolute Gasteiger partial charge is 0.396 e. The summed E-state index contributed by atoms with van der Waals surface area (Å²) in [5.41, 5.74) is 7.11. The fraction of sp³-hybridized carbons (Fsp3) is 0.0847. The van der Waals surface area contributed by atoms with Crippen LogP contribution in [0.2, 0.25) is 0 Å². The van der Waals surface area contributed by atoms with Crippen molar-refractivity contribution >= 4 is 130 Å². The molecule has 3 aromatic heterocycles. The Morgan fingerprint density at radius 2 is 0.636 bits per heavy atom. The number of aliphatic hydroxyl groups is 1. The summed E-state index contributed by atoms with van der Waals surface area (Å²) < 4.78 is 7.94. The van der Waals surface area contributed by atoms with Gasteiger partial charge in [0.05, 0.1) is 6.61 Å². The van der Waals surface area contributed by atoms with E-state index in [1.807, 2.05) is 69.3 Å². The van der Waals surface area contributed by atoms with Crippen LogP contribution in [0.15, 0.2) is 215 Å². The third-order valence-corrected chi connectivity index (χ3v) is 20.3. The van der Waals surface area contributed by atoms with Gasteiger partial charge in [-0.2, -0.15) is 0 Å². The third-order valence-electron chi connectivity index (χ3n) is 12.6. The lowest BCUT2D eigenvalue weighted by Gasteiger charge is -2.31. The van der Waals surface area contributed by atoms with Crippen molar-refractivity contribution in [1.82, 2.24) is 0 Å². The number of aliphatic hydroxyl groups excluding tert-OH is 1. The quantitative estimate of drug-likeness (QED) is 0.116. The minimum atomic E-state index is -0.384. The fourth-order valence-corrected chi connectivity index (χ4v) is 16.7. The van der Waals surface area contributed by atoms with E-state index in [9.17, 15) is 5.11 Å². The Kier molecular flexibility index (Phi) is 11.5. The van der Waals surface area contributed by atoms with E-state index in [2.05, 4.69) is 200 Å². The van der Waals surface area contributed by atoms with E-state index in [0.717, 1.165) is 17.3 Å². The van der Waals surface area contributed by atoms with Gasteiger partial charge in [-0.05, 0) is 88.0 Å². The molecule has 1 N–H and O–H groups in total. The molecule has 0 saturated heterocycles. The van der Waals surface area contributed by atoms with Crippen LogP contribution in [0.25, 0.3) is 93.9 Å². The Hall–Kier alpha value is -5.35. The lowest BCUT2D eigenvalue weighted by molar-refractivity contribution is 0.188. The van der Waals surface area contributed by atoms with E-state index in [1.54, 1.807) is 0 Å². The van der Waals surface area contributed by atoms with Gasteiger partial charge in [-0.25, -0.2) is 0 Å². The van der Waals surface area contributed by atoms with Gasteiger partial charge in [-0.15, -0.1) is 69.3 Å². The average Bonchev–Trinajstić information content (AvgIpc) is 4.08. The first-order valence-corrected chi connectivity index (χ1v) is 27.5. The third kappa shape index (κ3) is 7.94. The molecule has 0 aliphatic heterocycles. The standard InChI is InChI=1S/C59H42OS6/c60-34-59(35-61-41-16-7-13-38(31-41)44-22-10-25-50-47-19-1-4-28-53(47)64-56(44)50,36-62-42-17-8-14-39(32-42)45-23-11-26-51-48-20-2-5-29-54(48)65-57(45)51)37-63-43-18-9-15-40(33-43)46-24-12-27-52-49-21-3-6-30-55(49)66-58(46)52/h1-33,60H,34-37H2. The summed E-state index contributed by atoms with van der Waals surface area (Å²) in [5.74, 6) is 2.34. The molecule has 3 heterocycles. The highest BCUT2D eigenvalue weighted by molar-refractivity contribution is 8.01. The number of rotatable bonds is 13. The van der Waals surface area contributed by atoms with Gasteiger partial charge in [0, 0.05) is 97.9 Å². The Morgan fingerprint density at radius 3 is 0.970 bits per heavy atom. The van der Waals surface area contributed by atoms with Crippen LogP contribution in [0, 0.1) is 5.41 Å². The highest BCUT2D eigenvalue weighted by Gasteiger charge is 2.31. The maximum absolute atomic E-state index is 11.6. The van der Waals surface area contributed by atoms with Gasteiger partial charge in [-0.3, -0.25) is 0 Å². The molecule has 0 atom stereocenters. The summed E-state index contributed by atoms with van der Waals surface area (Å²) in [7, 11) is 0. The Morgan fingerprint density at radius 1 is 0.333 bits per heavy atom. The van der Waals surface area contributed by atoms with Crippen molar-refractivity contribution in [2.45, 2.75) is 14.7 Å². The van der Waals surface area contributed by atoms with Crippen LogP contribution in [0.5, 0.6) is 0 Å². The second-order valence-corrected chi connectivity index (χ2v) is 23.3. The van der Waals surface area contributed by atoms with Crippen LogP contribution in [-0.2, 0) is 0 Å². The van der Waals surface area contributed by atoms with Crippen LogP contribution in [-0.4, -0.2) is 29.0 Å². The first-order chi connectivity index (χ1) is 32.6. The number of hydrogen-bond acceptors (Lipinski definition) is 7. The number of thioether (sulfide) groups is 3. The molecule has 1 nitrogen and oxygen atoms in total. The summed E-state index contributed by atoms with van der Waals surface area (Å²) >= 11 is 11.2. The van der Waals surface area contributed by atoms with Crippen LogP contribution < -0.4 is 0 Å². The van der Waals surface area contributed by atoms with Gasteiger partial charge in [0.25, 0.3) is 0 Å². The second-order valence-electron chi connectivity index (χ2n) is 16.9. The molecule has 0 saturated carbocycles. The molecule has 12 rings (SSSR count). The van der Waals surface area contributed by atoms with E-state index in [1.165, 1.54) is 109 Å². The smallest absolute Gasteiger partial charge is 0.0511 e. The molecule has 0 amide bonds. The summed E-state index contributed by atoms with van der Waals surface area (Å²) in [4.78, 5) is 3.65. The molecule has 12 aromatic rings. The minimum absolute atomic E-state index is 0.0857. The van der Waals surface area contributed by atoms with E-state index >= 15 is 0 Å². The predicted octanol–water partition coefficient (Wildman–Crippen LogP) is 18.4. The summed E-state index contributed by atoms with van der Waals surface area (Å²) in [6.45, 7) is 0.0857. The maximum atomic E-state index is 11.6. The molecule has 0 radical (unpaired) electrons. The lowest BCUT2D eigenvalue weighted by atomic mass is 9.97. The Balaban J connectivity index is 0.854. The topological polar surface area (TPSA) is 20.2 Å². The summed E-state index contributed by atoms with van der Waals surface area (Å²) in [5, 5.41) is 19.5. The molecule has 7 heteroatoms. The zero-order valence-corrected chi connectivity index (χ0v) is 40.7. The molecular formula is C59H42OS6. The normalized spacial score (nSPS) is 12.1. The van der Waals surface area contributed by atoms with Gasteiger partial charge in [-0.1, -0.05) is 146 Å². The minimum Gasteiger partial charge on any atom is -0.396 e. The second kappa shape index (κ2) is 18.0. The monoisotopic (exact) mass is 958 g/mol. The Labute approximate surface area is 409 Å². The molecule has 0 bridgehead atoms. The zero-order valence-electron chi connectivity index (χ0n) is 35.8. The number of benzene rings is 9. The van der Waals surface area contributed by atoms with E-state index in [-0.39, 0.29) is 12.0 Å². The lowest BCUT2D eigenvalue weighted by Crippen LogP contribution is -2.34. The first-order valence-electron chi connectivity index (χ1n) is 22.1. The summed E-state index contributed by atoms with van der Waals surface area (Å²) in [6.07, 6.45) is 0. The molecule has 0 aliphatic rings. The number of thiophene rings is 3. The average molecular weight is 959 g/mol. The van der Waals surface area contributed by atoms with E-state index in [4.69, 9.17) is 0 Å². The SMILES string of the molecule is OCC(CSc1cccc(-c2cccc3c2sc2ccccc23)c1)(CSc1cccc(-c2cccc3c2sc2ccccc23)c1)CSc1cccc(-c2cccc3c2sc2ccccc23)c1. The van der Waals surface area contributed by atoms with Crippen LogP contribution in [0.3, 0.4) is 0 Å². The van der Waals surface area contributed by atoms with Gasteiger partial charge in [0.15, 0.2) is 0 Å². The van der Waals surface area contributed by atoms with Crippen LogP contribution in [0.4, 0.5) is 0 Å². The highest BCUT2D eigenvalue weighted by atomic mass is 32.2. The molecule has 0 aliphatic carbocycles. The molecule has 0 unspecified atom stereocenters. The van der Waals surface area contributed by atoms with Gasteiger partial charge in [0.1, 0.15) is 0 Å². The molecule has 66 heavy (non-hydrogen) atoms. The van der Waals surface area contributed by atoms with Crippen molar-refractivity contribution in [1.29, 1.82) is 0 Å². The fourth-order valence-electron chi connectivity index (χ4n) is 9.15. The zero-order chi connectivity index (χ0) is 44.0. The summed E-state index contributed by atoms with van der Waals surface area (Å²) in [6, 6.07) is 73.4. The van der Waals surface area contributed by atoms with E-state index < -0.39 is 0 Å². The molecule has 320 valence electrons. The number of hydrogen-bond donors (Lipinski definition) is 1. The Bertz CT molecular complexity index is 3360. The maximum Gasteiger partial charge on any atom is 0.0511 e. The number of fused-ring (bicyclic) bond motifs is 9. The van der Waals surface area contributed by atoms with Gasteiger partial charge in [0.2, 0.25) is 0 Å². The van der Waals surface area contributed by atoms with Gasteiger partial charge >= 0.3 is 0 Å². The highest BCUT2D eigenvalue weighted by Crippen LogP contribution is 2.45. The van der Waals surface area contributed by atoms with Crippen molar-refractivity contribution in [3.63, 3.8) is 0 Å². The van der Waals surface area contributed by atoms with Crippen molar-refractivity contribution in [3.8, 4) is 33.4 Å². The van der Waals surface area contributed by atoms with Crippen molar-refractivity contribution in [2.75, 3.05) is 23.9 Å².